The van der Waals surface area contributed by atoms with Gasteiger partial charge in [0.1, 0.15) is 11.6 Å². The van der Waals surface area contributed by atoms with Gasteiger partial charge in [-0.25, -0.2) is 13.6 Å². The van der Waals surface area contributed by atoms with Gasteiger partial charge in [-0.1, -0.05) is 0 Å². The lowest BCUT2D eigenvalue weighted by atomic mass is 10.2. The van der Waals surface area contributed by atoms with Crippen molar-refractivity contribution in [1.29, 1.82) is 0 Å². The third kappa shape index (κ3) is 1.74. The first-order valence-corrected chi connectivity index (χ1v) is 3.46. The summed E-state index contributed by atoms with van der Waals surface area (Å²) in [6.45, 7) is 0. The average molecular weight is 187 g/mol. The molecule has 5 heteroatoms. The Labute approximate surface area is 73.0 Å². The van der Waals surface area contributed by atoms with Crippen LogP contribution in [0.1, 0.15) is 10.4 Å². The van der Waals surface area contributed by atoms with Crippen LogP contribution in [0.25, 0.3) is 0 Å². The van der Waals surface area contributed by atoms with Gasteiger partial charge in [0.15, 0.2) is 0 Å². The Balaban J connectivity index is 3.30. The van der Waals surface area contributed by atoms with Crippen molar-refractivity contribution in [2.24, 2.45) is 0 Å². The molecule has 0 spiro atoms. The summed E-state index contributed by atoms with van der Waals surface area (Å²) in [5.74, 6) is -3.32. The Morgan fingerprint density at radius 3 is 2.46 bits per heavy atom. The zero-order valence-electron chi connectivity index (χ0n) is 6.77. The summed E-state index contributed by atoms with van der Waals surface area (Å²) in [5, 5.41) is 10.9. The van der Waals surface area contributed by atoms with Crippen LogP contribution in [0.4, 0.5) is 14.5 Å². The Kier molecular flexibility index (Phi) is 2.46. The second-order valence-electron chi connectivity index (χ2n) is 2.37. The second-order valence-corrected chi connectivity index (χ2v) is 2.37. The molecule has 1 aromatic rings. The van der Waals surface area contributed by atoms with Gasteiger partial charge in [0.05, 0.1) is 11.3 Å². The number of hydrogen-bond acceptors (Lipinski definition) is 2. The minimum atomic E-state index is -1.42. The number of hydrogen-bond donors (Lipinski definition) is 2. The van der Waals surface area contributed by atoms with E-state index in [1.165, 1.54) is 7.05 Å². The molecule has 0 aliphatic heterocycles. The molecule has 0 unspecified atom stereocenters. The summed E-state index contributed by atoms with van der Waals surface area (Å²) in [4.78, 5) is 10.4. The third-order valence-corrected chi connectivity index (χ3v) is 1.56. The monoisotopic (exact) mass is 187 g/mol. The molecule has 0 aliphatic rings. The van der Waals surface area contributed by atoms with E-state index >= 15 is 0 Å². The molecule has 0 fully saturated rings. The molecule has 70 valence electrons. The summed E-state index contributed by atoms with van der Waals surface area (Å²) in [6.07, 6.45) is 0. The van der Waals surface area contributed by atoms with Crippen LogP contribution in [0.5, 0.6) is 0 Å². The molecule has 1 rings (SSSR count). The fourth-order valence-electron chi connectivity index (χ4n) is 0.904. The maximum absolute atomic E-state index is 12.8. The SMILES string of the molecule is CNc1cc(C(=O)O)c(F)cc1F. The van der Waals surface area contributed by atoms with E-state index in [-0.39, 0.29) is 5.69 Å². The van der Waals surface area contributed by atoms with Gasteiger partial charge >= 0.3 is 5.97 Å². The van der Waals surface area contributed by atoms with E-state index in [9.17, 15) is 13.6 Å². The van der Waals surface area contributed by atoms with Gasteiger partial charge in [0.2, 0.25) is 0 Å². The van der Waals surface area contributed by atoms with Gasteiger partial charge in [-0.3, -0.25) is 0 Å². The van der Waals surface area contributed by atoms with Crippen molar-refractivity contribution in [3.8, 4) is 0 Å². The largest absolute Gasteiger partial charge is 0.478 e. The van der Waals surface area contributed by atoms with Gasteiger partial charge in [-0.15, -0.1) is 0 Å². The lowest BCUT2D eigenvalue weighted by Crippen LogP contribution is -2.03. The van der Waals surface area contributed by atoms with Crippen molar-refractivity contribution >= 4 is 11.7 Å². The van der Waals surface area contributed by atoms with E-state index < -0.39 is 23.2 Å². The van der Waals surface area contributed by atoms with E-state index in [1.54, 1.807) is 0 Å². The molecular formula is C8H7F2NO2. The van der Waals surface area contributed by atoms with E-state index in [0.29, 0.717) is 6.07 Å². The van der Waals surface area contributed by atoms with E-state index in [2.05, 4.69) is 5.32 Å². The average Bonchev–Trinajstić information content (AvgIpc) is 2.03. The van der Waals surface area contributed by atoms with E-state index in [1.807, 2.05) is 0 Å². The van der Waals surface area contributed by atoms with Crippen LogP contribution in [0.3, 0.4) is 0 Å². The first kappa shape index (κ1) is 9.44. The maximum Gasteiger partial charge on any atom is 0.338 e. The van der Waals surface area contributed by atoms with E-state index in [4.69, 9.17) is 5.11 Å². The highest BCUT2D eigenvalue weighted by Crippen LogP contribution is 2.18. The van der Waals surface area contributed by atoms with Crippen LogP contribution in [0.2, 0.25) is 0 Å². The first-order valence-electron chi connectivity index (χ1n) is 3.46. The molecule has 1 aromatic carbocycles. The van der Waals surface area contributed by atoms with Crippen LogP contribution in [-0.4, -0.2) is 18.1 Å². The van der Waals surface area contributed by atoms with Crippen molar-refractivity contribution < 1.29 is 18.7 Å². The number of benzene rings is 1. The van der Waals surface area contributed by atoms with Crippen LogP contribution >= 0.6 is 0 Å². The molecule has 0 aromatic heterocycles. The summed E-state index contributed by atoms with van der Waals surface area (Å²) in [7, 11) is 1.42. The molecule has 13 heavy (non-hydrogen) atoms. The normalized spacial score (nSPS) is 9.77. The molecule has 0 atom stereocenters. The fraction of sp³-hybridized carbons (Fsp3) is 0.125. The molecule has 0 heterocycles. The summed E-state index contributed by atoms with van der Waals surface area (Å²) >= 11 is 0. The van der Waals surface area contributed by atoms with Crippen molar-refractivity contribution in [1.82, 2.24) is 0 Å². The predicted octanol–water partition coefficient (Wildman–Crippen LogP) is 1.70. The molecule has 2 N–H and O–H groups in total. The van der Waals surface area contributed by atoms with E-state index in [0.717, 1.165) is 6.07 Å². The van der Waals surface area contributed by atoms with Gasteiger partial charge in [-0.05, 0) is 6.07 Å². The Morgan fingerprint density at radius 2 is 2.00 bits per heavy atom. The molecule has 0 bridgehead atoms. The standard InChI is InChI=1S/C8H7F2NO2/c1-11-7-2-4(8(12)13)5(9)3-6(7)10/h2-3,11H,1H3,(H,12,13). The Hall–Kier alpha value is -1.65. The predicted molar refractivity (Wildman–Crippen MR) is 42.9 cm³/mol. The molecule has 0 saturated carbocycles. The zero-order chi connectivity index (χ0) is 10.0. The third-order valence-electron chi connectivity index (χ3n) is 1.56. The highest BCUT2D eigenvalue weighted by atomic mass is 19.1. The van der Waals surface area contributed by atoms with Crippen molar-refractivity contribution in [3.05, 3.63) is 29.3 Å². The number of rotatable bonds is 2. The summed E-state index contributed by atoms with van der Waals surface area (Å²) in [5.41, 5.74) is -0.593. The zero-order valence-corrected chi connectivity index (χ0v) is 6.77. The van der Waals surface area contributed by atoms with Crippen LogP contribution in [0, 0.1) is 11.6 Å². The number of anilines is 1. The van der Waals surface area contributed by atoms with Crippen molar-refractivity contribution in [2.75, 3.05) is 12.4 Å². The molecule has 0 aliphatic carbocycles. The topological polar surface area (TPSA) is 49.3 Å². The number of nitrogens with one attached hydrogen (secondary N) is 1. The molecule has 3 nitrogen and oxygen atoms in total. The molecule has 0 saturated heterocycles. The van der Waals surface area contributed by atoms with Crippen molar-refractivity contribution in [3.63, 3.8) is 0 Å². The smallest absolute Gasteiger partial charge is 0.338 e. The Bertz CT molecular complexity index is 352. The lowest BCUT2D eigenvalue weighted by molar-refractivity contribution is 0.0692. The molecule has 0 amide bonds. The van der Waals surface area contributed by atoms with Gasteiger partial charge in [-0.2, -0.15) is 0 Å². The summed E-state index contributed by atoms with van der Waals surface area (Å²) < 4.78 is 25.6. The lowest BCUT2D eigenvalue weighted by Gasteiger charge is -2.04. The fourth-order valence-corrected chi connectivity index (χ4v) is 0.904. The minimum Gasteiger partial charge on any atom is -0.478 e. The van der Waals surface area contributed by atoms with Gasteiger partial charge < -0.3 is 10.4 Å². The maximum atomic E-state index is 12.8. The van der Waals surface area contributed by atoms with Crippen molar-refractivity contribution in [2.45, 2.75) is 0 Å². The number of carboxylic acids is 1. The number of carboxylic acid groups (broad SMARTS) is 1. The minimum absolute atomic E-state index is 0.0428. The first-order chi connectivity index (χ1) is 6.06. The number of halogens is 2. The van der Waals surface area contributed by atoms with Crippen LogP contribution < -0.4 is 5.32 Å². The number of aromatic carboxylic acids is 1. The summed E-state index contributed by atoms with van der Waals surface area (Å²) in [6, 6.07) is 1.45. The van der Waals surface area contributed by atoms with Crippen LogP contribution in [0.15, 0.2) is 12.1 Å². The van der Waals surface area contributed by atoms with Gasteiger partial charge in [0, 0.05) is 13.1 Å². The second kappa shape index (κ2) is 3.38. The highest BCUT2D eigenvalue weighted by molar-refractivity contribution is 5.89. The number of carbonyl (C=O) groups is 1. The molecule has 0 radical (unpaired) electrons. The Morgan fingerprint density at radius 1 is 1.38 bits per heavy atom. The quantitative estimate of drug-likeness (QED) is 0.740. The highest BCUT2D eigenvalue weighted by Gasteiger charge is 2.13. The van der Waals surface area contributed by atoms with Crippen LogP contribution in [-0.2, 0) is 0 Å². The van der Waals surface area contributed by atoms with Gasteiger partial charge in [0.25, 0.3) is 0 Å². The molecular weight excluding hydrogens is 180 g/mol.